The number of amides is 2. The molecule has 1 aliphatic heterocycles. The highest BCUT2D eigenvalue weighted by atomic mass is 16.4. The average molecular weight is 284 g/mol. The smallest absolute Gasteiger partial charge is 0.303 e. The molecular formula is C14H24N2O4. The Morgan fingerprint density at radius 2 is 1.60 bits per heavy atom. The number of nitrogens with one attached hydrogen (secondary N) is 1. The van der Waals surface area contributed by atoms with E-state index < -0.39 is 5.97 Å². The fourth-order valence-electron chi connectivity index (χ4n) is 2.26. The molecule has 0 aromatic heterocycles. The van der Waals surface area contributed by atoms with Gasteiger partial charge in [0.25, 0.3) is 0 Å². The van der Waals surface area contributed by atoms with E-state index in [0.717, 1.165) is 25.9 Å². The molecular weight excluding hydrogens is 260 g/mol. The summed E-state index contributed by atoms with van der Waals surface area (Å²) in [7, 11) is 0. The summed E-state index contributed by atoms with van der Waals surface area (Å²) >= 11 is 0. The third-order valence-corrected chi connectivity index (χ3v) is 3.41. The quantitative estimate of drug-likeness (QED) is 0.655. The molecule has 114 valence electrons. The fourth-order valence-corrected chi connectivity index (χ4v) is 2.26. The number of carboxylic acids is 1. The molecule has 1 saturated heterocycles. The Labute approximate surface area is 119 Å². The van der Waals surface area contributed by atoms with Crippen LogP contribution in [0.5, 0.6) is 0 Å². The van der Waals surface area contributed by atoms with Gasteiger partial charge in [-0.2, -0.15) is 0 Å². The predicted octanol–water partition coefficient (Wildman–Crippen LogP) is 1.15. The third kappa shape index (κ3) is 7.11. The minimum atomic E-state index is -0.836. The minimum absolute atomic E-state index is 0.0979. The van der Waals surface area contributed by atoms with Crippen LogP contribution in [-0.4, -0.2) is 47.4 Å². The second-order valence-electron chi connectivity index (χ2n) is 5.14. The highest BCUT2D eigenvalue weighted by Crippen LogP contribution is 2.09. The van der Waals surface area contributed by atoms with Crippen LogP contribution in [0, 0.1) is 0 Å². The van der Waals surface area contributed by atoms with Crippen LogP contribution < -0.4 is 5.32 Å². The number of nitrogens with zero attached hydrogens (tertiary/aromatic N) is 1. The first kappa shape index (κ1) is 16.5. The number of carbonyl (C=O) groups excluding carboxylic acids is 2. The molecule has 1 aliphatic rings. The van der Waals surface area contributed by atoms with E-state index in [4.69, 9.17) is 5.11 Å². The van der Waals surface area contributed by atoms with Crippen LogP contribution in [0.4, 0.5) is 0 Å². The lowest BCUT2D eigenvalue weighted by atomic mass is 10.1. The maximum Gasteiger partial charge on any atom is 0.303 e. The summed E-state index contributed by atoms with van der Waals surface area (Å²) in [4.78, 5) is 35.4. The van der Waals surface area contributed by atoms with E-state index in [1.54, 1.807) is 0 Å². The summed E-state index contributed by atoms with van der Waals surface area (Å²) in [6.07, 6.45) is 5.18. The van der Waals surface area contributed by atoms with Crippen LogP contribution in [-0.2, 0) is 14.4 Å². The van der Waals surface area contributed by atoms with E-state index in [-0.39, 0.29) is 18.2 Å². The number of piperidine rings is 1. The van der Waals surface area contributed by atoms with Gasteiger partial charge < -0.3 is 15.3 Å². The maximum atomic E-state index is 11.8. The zero-order valence-corrected chi connectivity index (χ0v) is 11.9. The van der Waals surface area contributed by atoms with Crippen molar-refractivity contribution in [3.8, 4) is 0 Å². The molecule has 0 spiro atoms. The van der Waals surface area contributed by atoms with E-state index in [9.17, 15) is 14.4 Å². The molecule has 0 saturated carbocycles. The van der Waals surface area contributed by atoms with Gasteiger partial charge in [-0.15, -0.1) is 0 Å². The maximum absolute atomic E-state index is 11.8. The van der Waals surface area contributed by atoms with E-state index in [0.29, 0.717) is 32.2 Å². The standard InChI is InChI=1S/C14H24N2O4/c17-12(6-2-3-7-14(19)20)15-9-8-13(18)16-10-4-1-5-11-16/h1-11H2,(H,15,17)(H,19,20). The number of rotatable bonds is 8. The Morgan fingerprint density at radius 3 is 2.25 bits per heavy atom. The number of hydrogen-bond donors (Lipinski definition) is 2. The molecule has 1 heterocycles. The minimum Gasteiger partial charge on any atom is -0.481 e. The lowest BCUT2D eigenvalue weighted by molar-refractivity contribution is -0.137. The van der Waals surface area contributed by atoms with Crippen molar-refractivity contribution in [1.29, 1.82) is 0 Å². The molecule has 20 heavy (non-hydrogen) atoms. The van der Waals surface area contributed by atoms with Gasteiger partial charge in [-0.05, 0) is 32.1 Å². The van der Waals surface area contributed by atoms with Gasteiger partial charge in [0.1, 0.15) is 0 Å². The Hall–Kier alpha value is -1.59. The number of carboxylic acid groups (broad SMARTS) is 1. The highest BCUT2D eigenvalue weighted by molar-refractivity contribution is 5.79. The monoisotopic (exact) mass is 284 g/mol. The molecule has 1 fully saturated rings. The van der Waals surface area contributed by atoms with Crippen LogP contribution in [0.25, 0.3) is 0 Å². The molecule has 6 heteroatoms. The van der Waals surface area contributed by atoms with Crippen LogP contribution in [0.1, 0.15) is 51.4 Å². The van der Waals surface area contributed by atoms with Gasteiger partial charge in [0.05, 0.1) is 0 Å². The van der Waals surface area contributed by atoms with Crippen molar-refractivity contribution >= 4 is 17.8 Å². The van der Waals surface area contributed by atoms with Gasteiger partial charge in [0.2, 0.25) is 11.8 Å². The van der Waals surface area contributed by atoms with Crippen molar-refractivity contribution in [1.82, 2.24) is 10.2 Å². The third-order valence-electron chi connectivity index (χ3n) is 3.41. The number of unbranched alkanes of at least 4 members (excludes halogenated alkanes) is 1. The number of carbonyl (C=O) groups is 3. The summed E-state index contributed by atoms with van der Waals surface area (Å²) in [5.74, 6) is -0.838. The van der Waals surface area contributed by atoms with E-state index in [1.165, 1.54) is 6.42 Å². The number of hydrogen-bond acceptors (Lipinski definition) is 3. The Bertz CT molecular complexity index is 338. The van der Waals surface area contributed by atoms with Gasteiger partial charge in [0, 0.05) is 38.9 Å². The Kier molecular flexibility index (Phi) is 7.69. The van der Waals surface area contributed by atoms with Gasteiger partial charge in [-0.3, -0.25) is 14.4 Å². The van der Waals surface area contributed by atoms with Crippen molar-refractivity contribution in [2.45, 2.75) is 51.4 Å². The van der Waals surface area contributed by atoms with Crippen molar-refractivity contribution in [2.75, 3.05) is 19.6 Å². The van der Waals surface area contributed by atoms with Gasteiger partial charge >= 0.3 is 5.97 Å². The zero-order chi connectivity index (χ0) is 14.8. The largest absolute Gasteiger partial charge is 0.481 e. The first-order chi connectivity index (χ1) is 9.59. The molecule has 0 atom stereocenters. The first-order valence-electron chi connectivity index (χ1n) is 7.36. The molecule has 0 aromatic carbocycles. The van der Waals surface area contributed by atoms with Crippen LogP contribution in [0.15, 0.2) is 0 Å². The second-order valence-corrected chi connectivity index (χ2v) is 5.14. The SMILES string of the molecule is O=C(O)CCCCC(=O)NCCC(=O)N1CCCCC1. The predicted molar refractivity (Wildman–Crippen MR) is 74.2 cm³/mol. The van der Waals surface area contributed by atoms with Crippen LogP contribution >= 0.6 is 0 Å². The topological polar surface area (TPSA) is 86.7 Å². The van der Waals surface area contributed by atoms with E-state index >= 15 is 0 Å². The normalized spacial score (nSPS) is 14.9. The van der Waals surface area contributed by atoms with E-state index in [2.05, 4.69) is 5.32 Å². The Balaban J connectivity index is 2.03. The fraction of sp³-hybridized carbons (Fsp3) is 0.786. The van der Waals surface area contributed by atoms with Crippen molar-refractivity contribution in [2.24, 2.45) is 0 Å². The van der Waals surface area contributed by atoms with Gasteiger partial charge in [-0.25, -0.2) is 0 Å². The summed E-state index contributed by atoms with van der Waals surface area (Å²) in [6.45, 7) is 2.04. The van der Waals surface area contributed by atoms with Crippen LogP contribution in [0.3, 0.4) is 0 Å². The molecule has 0 bridgehead atoms. The van der Waals surface area contributed by atoms with Crippen molar-refractivity contribution in [3.63, 3.8) is 0 Å². The Morgan fingerprint density at radius 1 is 0.950 bits per heavy atom. The number of likely N-dealkylation sites (tertiary alicyclic amines) is 1. The molecule has 2 amide bonds. The summed E-state index contributed by atoms with van der Waals surface area (Å²) in [5.41, 5.74) is 0. The van der Waals surface area contributed by atoms with Gasteiger partial charge in [0.15, 0.2) is 0 Å². The average Bonchev–Trinajstić information content (AvgIpc) is 2.44. The second kappa shape index (κ2) is 9.34. The molecule has 0 unspecified atom stereocenters. The summed E-state index contributed by atoms with van der Waals surface area (Å²) in [5, 5.41) is 11.2. The van der Waals surface area contributed by atoms with Gasteiger partial charge in [-0.1, -0.05) is 0 Å². The number of aliphatic carboxylic acids is 1. The molecule has 0 aliphatic carbocycles. The summed E-state index contributed by atoms with van der Waals surface area (Å²) in [6, 6.07) is 0. The first-order valence-corrected chi connectivity index (χ1v) is 7.36. The zero-order valence-electron chi connectivity index (χ0n) is 11.9. The van der Waals surface area contributed by atoms with E-state index in [1.807, 2.05) is 4.90 Å². The molecule has 1 rings (SSSR count). The molecule has 6 nitrogen and oxygen atoms in total. The van der Waals surface area contributed by atoms with Crippen LogP contribution in [0.2, 0.25) is 0 Å². The van der Waals surface area contributed by atoms with Crippen molar-refractivity contribution in [3.05, 3.63) is 0 Å². The lowest BCUT2D eigenvalue weighted by Gasteiger charge is -2.26. The lowest BCUT2D eigenvalue weighted by Crippen LogP contribution is -2.37. The summed E-state index contributed by atoms with van der Waals surface area (Å²) < 4.78 is 0. The van der Waals surface area contributed by atoms with Crippen molar-refractivity contribution < 1.29 is 19.5 Å². The molecule has 0 aromatic rings. The highest BCUT2D eigenvalue weighted by Gasteiger charge is 2.15. The molecule has 0 radical (unpaired) electrons. The molecule has 2 N–H and O–H groups in total.